The van der Waals surface area contributed by atoms with Crippen molar-refractivity contribution in [3.05, 3.63) is 53.6 Å². The number of aryl methyl sites for hydroxylation is 1. The lowest BCUT2D eigenvalue weighted by atomic mass is 10.2. The van der Waals surface area contributed by atoms with Crippen molar-refractivity contribution in [3.63, 3.8) is 0 Å². The zero-order valence-corrected chi connectivity index (χ0v) is 13.9. The second kappa shape index (κ2) is 5.94. The van der Waals surface area contributed by atoms with Crippen LogP contribution >= 0.6 is 0 Å². The molecular weight excluding hydrogens is 318 g/mol. The van der Waals surface area contributed by atoms with E-state index < -0.39 is 0 Å². The molecule has 0 aliphatic heterocycles. The van der Waals surface area contributed by atoms with Crippen LogP contribution in [-0.4, -0.2) is 32.2 Å². The molecule has 2 aromatic heterocycles. The summed E-state index contributed by atoms with van der Waals surface area (Å²) in [7, 11) is 0. The number of ether oxygens (including phenoxy) is 1. The Morgan fingerprint density at radius 2 is 2.00 bits per heavy atom. The van der Waals surface area contributed by atoms with Gasteiger partial charge >= 0.3 is 5.97 Å². The minimum Gasteiger partial charge on any atom is -0.462 e. The van der Waals surface area contributed by atoms with Crippen molar-refractivity contribution in [1.82, 2.24) is 19.6 Å². The molecule has 7 heteroatoms. The van der Waals surface area contributed by atoms with Crippen molar-refractivity contribution in [1.29, 1.82) is 0 Å². The molecule has 0 aliphatic carbocycles. The standard InChI is InChI=1S/C18H17N5O2/c1-3-25-16(24)12-5-7-13(8-6-12)19-17-21-18-20-14-10-11(2)4-9-15(14)23(18)22-17/h4-10H,3H2,1-2H3,(H2,19,20,21,22). The Balaban J connectivity index is 1.59. The average Bonchev–Trinajstić information content (AvgIpc) is 3.12. The summed E-state index contributed by atoms with van der Waals surface area (Å²) in [6, 6.07) is 13.1. The third-order valence-corrected chi connectivity index (χ3v) is 3.88. The number of aromatic amines is 1. The van der Waals surface area contributed by atoms with Crippen molar-refractivity contribution >= 4 is 34.4 Å². The number of benzene rings is 2. The van der Waals surface area contributed by atoms with E-state index in [1.54, 1.807) is 31.2 Å². The number of hydrogen-bond acceptors (Lipinski definition) is 5. The summed E-state index contributed by atoms with van der Waals surface area (Å²) in [5.74, 6) is 0.854. The van der Waals surface area contributed by atoms with E-state index in [0.29, 0.717) is 23.9 Å². The molecule has 0 amide bonds. The zero-order valence-electron chi connectivity index (χ0n) is 13.9. The molecule has 25 heavy (non-hydrogen) atoms. The molecule has 0 bridgehead atoms. The maximum absolute atomic E-state index is 11.7. The van der Waals surface area contributed by atoms with E-state index in [4.69, 9.17) is 4.74 Å². The molecule has 0 radical (unpaired) electrons. The Labute approximate surface area is 143 Å². The number of nitrogens with one attached hydrogen (secondary N) is 2. The Kier molecular flexibility index (Phi) is 3.61. The van der Waals surface area contributed by atoms with E-state index in [0.717, 1.165) is 22.3 Å². The van der Waals surface area contributed by atoms with Gasteiger partial charge in [0.15, 0.2) is 0 Å². The number of imidazole rings is 1. The van der Waals surface area contributed by atoms with E-state index in [1.807, 2.05) is 29.6 Å². The molecule has 2 aromatic carbocycles. The lowest BCUT2D eigenvalue weighted by Gasteiger charge is -2.04. The molecule has 2 N–H and O–H groups in total. The van der Waals surface area contributed by atoms with E-state index in [2.05, 4.69) is 20.4 Å². The van der Waals surface area contributed by atoms with Crippen LogP contribution in [0.15, 0.2) is 42.5 Å². The number of aromatic nitrogens is 4. The summed E-state index contributed by atoms with van der Waals surface area (Å²) < 4.78 is 6.81. The first kappa shape index (κ1) is 15.2. The number of H-pyrrole nitrogens is 1. The van der Waals surface area contributed by atoms with Gasteiger partial charge in [-0.3, -0.25) is 5.10 Å². The Morgan fingerprint density at radius 3 is 2.76 bits per heavy atom. The van der Waals surface area contributed by atoms with Gasteiger partial charge in [0, 0.05) is 5.69 Å². The van der Waals surface area contributed by atoms with Gasteiger partial charge in [-0.25, -0.2) is 14.3 Å². The molecule has 0 unspecified atom stereocenters. The summed E-state index contributed by atoms with van der Waals surface area (Å²) in [5, 5.41) is 6.36. The van der Waals surface area contributed by atoms with Gasteiger partial charge in [0.25, 0.3) is 5.78 Å². The number of nitrogens with zero attached hydrogens (tertiary/aromatic N) is 3. The fourth-order valence-electron chi connectivity index (χ4n) is 2.69. The molecule has 0 fully saturated rings. The first-order chi connectivity index (χ1) is 12.1. The van der Waals surface area contributed by atoms with Gasteiger partial charge in [0.2, 0.25) is 5.95 Å². The smallest absolute Gasteiger partial charge is 0.338 e. The largest absolute Gasteiger partial charge is 0.462 e. The maximum atomic E-state index is 11.7. The first-order valence-electron chi connectivity index (χ1n) is 8.03. The molecule has 4 aromatic rings. The minimum atomic E-state index is -0.327. The van der Waals surface area contributed by atoms with Gasteiger partial charge in [-0.2, -0.15) is 4.98 Å². The highest BCUT2D eigenvalue weighted by molar-refractivity contribution is 5.89. The second-order valence-electron chi connectivity index (χ2n) is 5.73. The fraction of sp³-hybridized carbons (Fsp3) is 0.167. The summed E-state index contributed by atoms with van der Waals surface area (Å²) in [6.45, 7) is 4.18. The molecule has 2 heterocycles. The number of anilines is 2. The van der Waals surface area contributed by atoms with Crippen LogP contribution in [0.2, 0.25) is 0 Å². The number of rotatable bonds is 4. The lowest BCUT2D eigenvalue weighted by molar-refractivity contribution is 0.0526. The van der Waals surface area contributed by atoms with Crippen molar-refractivity contribution in [2.45, 2.75) is 13.8 Å². The molecule has 0 saturated heterocycles. The minimum absolute atomic E-state index is 0.327. The predicted octanol–water partition coefficient (Wildman–Crippen LogP) is 3.44. The highest BCUT2D eigenvalue weighted by Gasteiger charge is 2.10. The van der Waals surface area contributed by atoms with Gasteiger partial charge in [-0.1, -0.05) is 6.07 Å². The summed E-state index contributed by atoms with van der Waals surface area (Å²) in [5.41, 5.74) is 4.37. The monoisotopic (exact) mass is 335 g/mol. The lowest BCUT2D eigenvalue weighted by Crippen LogP contribution is -2.04. The molecule has 126 valence electrons. The molecular formula is C18H17N5O2. The van der Waals surface area contributed by atoms with Gasteiger partial charge in [0.1, 0.15) is 0 Å². The van der Waals surface area contributed by atoms with E-state index in [9.17, 15) is 4.79 Å². The van der Waals surface area contributed by atoms with Crippen LogP contribution in [0.5, 0.6) is 0 Å². The highest BCUT2D eigenvalue weighted by atomic mass is 16.5. The number of carbonyl (C=O) groups excluding carboxylic acids is 1. The third-order valence-electron chi connectivity index (χ3n) is 3.88. The topological polar surface area (TPSA) is 84.3 Å². The molecule has 0 spiro atoms. The van der Waals surface area contributed by atoms with Crippen LogP contribution in [0.25, 0.3) is 16.8 Å². The summed E-state index contributed by atoms with van der Waals surface area (Å²) in [4.78, 5) is 20.6. The van der Waals surface area contributed by atoms with E-state index in [1.165, 1.54) is 0 Å². The molecule has 0 atom stereocenters. The number of carbonyl (C=O) groups is 1. The quantitative estimate of drug-likeness (QED) is 0.558. The zero-order chi connectivity index (χ0) is 17.4. The second-order valence-corrected chi connectivity index (χ2v) is 5.73. The highest BCUT2D eigenvalue weighted by Crippen LogP contribution is 2.20. The maximum Gasteiger partial charge on any atom is 0.338 e. The van der Waals surface area contributed by atoms with Crippen molar-refractivity contribution in [2.75, 3.05) is 11.9 Å². The van der Waals surface area contributed by atoms with Crippen molar-refractivity contribution in [2.24, 2.45) is 0 Å². The van der Waals surface area contributed by atoms with E-state index >= 15 is 0 Å². The molecule has 0 aliphatic rings. The molecule has 0 saturated carbocycles. The van der Waals surface area contributed by atoms with Crippen LogP contribution < -0.4 is 5.32 Å². The summed E-state index contributed by atoms with van der Waals surface area (Å²) >= 11 is 0. The number of fused-ring (bicyclic) bond motifs is 3. The van der Waals surface area contributed by atoms with Crippen molar-refractivity contribution in [3.8, 4) is 0 Å². The Morgan fingerprint density at radius 1 is 1.20 bits per heavy atom. The van der Waals surface area contributed by atoms with Crippen molar-refractivity contribution < 1.29 is 9.53 Å². The summed E-state index contributed by atoms with van der Waals surface area (Å²) in [6.07, 6.45) is 0. The van der Waals surface area contributed by atoms with Gasteiger partial charge < -0.3 is 10.1 Å². The van der Waals surface area contributed by atoms with Gasteiger partial charge in [0.05, 0.1) is 23.2 Å². The van der Waals surface area contributed by atoms with Gasteiger partial charge in [-0.05, 0) is 55.8 Å². The SMILES string of the molecule is CCOC(=O)c1ccc(Nc2nc3nc4cc(C)ccc4n3[nH]2)cc1. The number of esters is 1. The molecule has 4 rings (SSSR count). The fourth-order valence-corrected chi connectivity index (χ4v) is 2.69. The number of hydrogen-bond donors (Lipinski definition) is 2. The Bertz CT molecular complexity index is 1060. The Hall–Kier alpha value is -3.35. The van der Waals surface area contributed by atoms with Crippen LogP contribution in [0.3, 0.4) is 0 Å². The van der Waals surface area contributed by atoms with Crippen LogP contribution in [-0.2, 0) is 4.74 Å². The van der Waals surface area contributed by atoms with E-state index in [-0.39, 0.29) is 5.97 Å². The van der Waals surface area contributed by atoms with Crippen LogP contribution in [0, 0.1) is 6.92 Å². The predicted molar refractivity (Wildman–Crippen MR) is 95.3 cm³/mol. The third kappa shape index (κ3) is 2.80. The normalized spacial score (nSPS) is 11.1. The van der Waals surface area contributed by atoms with Gasteiger partial charge in [-0.15, -0.1) is 0 Å². The van der Waals surface area contributed by atoms with Crippen LogP contribution in [0.1, 0.15) is 22.8 Å². The van der Waals surface area contributed by atoms with Crippen LogP contribution in [0.4, 0.5) is 11.6 Å². The first-order valence-corrected chi connectivity index (χ1v) is 8.03. The average molecular weight is 335 g/mol. The molecule has 7 nitrogen and oxygen atoms in total.